The van der Waals surface area contributed by atoms with Crippen molar-refractivity contribution in [3.05, 3.63) is 269 Å². The maximum absolute atomic E-state index is 13.7. The second kappa shape index (κ2) is 21.2. The molecule has 0 amide bonds. The van der Waals surface area contributed by atoms with Gasteiger partial charge in [0.25, 0.3) is 17.8 Å². The fourth-order valence-corrected chi connectivity index (χ4v) is 7.90. The van der Waals surface area contributed by atoms with Crippen LogP contribution in [-0.2, 0) is 0 Å². The summed E-state index contributed by atoms with van der Waals surface area (Å²) >= 11 is 0. The number of halogens is 9. The molecule has 0 atom stereocenters. The zero-order valence-electron chi connectivity index (χ0n) is 38.4. The van der Waals surface area contributed by atoms with E-state index in [4.69, 9.17) is 28.4 Å². The average molecular weight is 1020 g/mol. The summed E-state index contributed by atoms with van der Waals surface area (Å²) in [5, 5.41) is 0. The van der Waals surface area contributed by atoms with Gasteiger partial charge in [-0.15, -0.1) is 0 Å². The Hall–Kier alpha value is -9.63. The summed E-state index contributed by atoms with van der Waals surface area (Å²) in [6, 6.07) is 40.9. The molecule has 12 rings (SSSR count). The van der Waals surface area contributed by atoms with Crippen molar-refractivity contribution in [1.82, 2.24) is 0 Å². The first-order valence-electron chi connectivity index (χ1n) is 22.5. The molecule has 0 bridgehead atoms. The summed E-state index contributed by atoms with van der Waals surface area (Å²) in [5.74, 6) is -1.35. The Morgan fingerprint density at radius 2 is 0.453 bits per heavy atom. The lowest BCUT2D eigenvalue weighted by atomic mass is 9.99. The number of benzene rings is 9. The molecule has 9 aromatic rings. The summed E-state index contributed by atoms with van der Waals surface area (Å²) in [4.78, 5) is 0. The molecule has 75 heavy (non-hydrogen) atoms. The molecular weight excluding hydrogens is 988 g/mol. The third kappa shape index (κ3) is 11.7. The van der Waals surface area contributed by atoms with Crippen molar-refractivity contribution >= 4 is 18.2 Å². The van der Waals surface area contributed by atoms with Crippen molar-refractivity contribution in [3.63, 3.8) is 0 Å². The van der Waals surface area contributed by atoms with Crippen LogP contribution < -0.4 is 28.4 Å². The summed E-state index contributed by atoms with van der Waals surface area (Å²) in [6.45, 7) is 0. The maximum atomic E-state index is 13.7. The third-order valence-corrected chi connectivity index (χ3v) is 11.3. The van der Waals surface area contributed by atoms with Crippen molar-refractivity contribution in [1.29, 1.82) is 0 Å². The van der Waals surface area contributed by atoms with Crippen LogP contribution in [0.5, 0.6) is 34.5 Å². The zero-order valence-corrected chi connectivity index (χ0v) is 38.4. The van der Waals surface area contributed by atoms with Gasteiger partial charge in [-0.05, 0) is 197 Å². The first-order valence-corrected chi connectivity index (χ1v) is 22.5. The molecular formula is C60H33F9O6. The highest BCUT2D eigenvalue weighted by Crippen LogP contribution is 2.42. The summed E-state index contributed by atoms with van der Waals surface area (Å²) in [5.41, 5.74) is 4.79. The molecule has 0 spiro atoms. The third-order valence-electron chi connectivity index (χ3n) is 11.3. The van der Waals surface area contributed by atoms with E-state index in [1.165, 1.54) is 182 Å². The van der Waals surface area contributed by atoms with Crippen LogP contribution in [0.15, 0.2) is 200 Å². The van der Waals surface area contributed by atoms with Crippen molar-refractivity contribution in [2.45, 2.75) is 0 Å². The van der Waals surface area contributed by atoms with E-state index in [1.54, 1.807) is 18.2 Å². The molecule has 0 aromatic heterocycles. The van der Waals surface area contributed by atoms with Crippen molar-refractivity contribution in [3.8, 4) is 67.9 Å². The van der Waals surface area contributed by atoms with E-state index in [9.17, 15) is 39.5 Å². The van der Waals surface area contributed by atoms with Crippen LogP contribution in [-0.4, -0.2) is 0 Å². The highest BCUT2D eigenvalue weighted by molar-refractivity contribution is 5.83. The van der Waals surface area contributed by atoms with E-state index in [0.29, 0.717) is 84.6 Å². The van der Waals surface area contributed by atoms with Gasteiger partial charge in [0, 0.05) is 34.9 Å². The molecule has 0 unspecified atom stereocenters. The average Bonchev–Trinajstić information content (AvgIpc) is 3.70. The van der Waals surface area contributed by atoms with E-state index in [0.717, 1.165) is 0 Å². The van der Waals surface area contributed by atoms with Crippen molar-refractivity contribution in [2.75, 3.05) is 0 Å². The van der Waals surface area contributed by atoms with Crippen molar-refractivity contribution < 1.29 is 67.9 Å². The first-order chi connectivity index (χ1) is 36.2. The lowest BCUT2D eigenvalue weighted by molar-refractivity contribution is 0.232. The molecule has 0 aliphatic carbocycles. The highest BCUT2D eigenvalue weighted by Gasteiger charge is 2.23. The minimum atomic E-state index is -0.434. The van der Waals surface area contributed by atoms with Crippen LogP contribution >= 0.6 is 0 Å². The SMILES string of the molecule is Fc1ccc(OC2=Cc3cc(F)ccc3-c3cc(F)ccc3O2)cc1.Fc1ccc(OC2=Cc3cc(F)ccc3-c3cc(F)ccc3O2)cc1.Fc1ccc(OC2=Cc3cc(F)ccc3-c3cc(F)ccc3O2)cc1. The van der Waals surface area contributed by atoms with Gasteiger partial charge >= 0.3 is 0 Å². The maximum Gasteiger partial charge on any atom is 0.290 e. The van der Waals surface area contributed by atoms with Crippen LogP contribution in [0.3, 0.4) is 0 Å². The molecule has 372 valence electrons. The normalized spacial score (nSPS) is 12.4. The predicted molar refractivity (Wildman–Crippen MR) is 262 cm³/mol. The van der Waals surface area contributed by atoms with Crippen LogP contribution in [0.4, 0.5) is 39.5 Å². The predicted octanol–water partition coefficient (Wildman–Crippen LogP) is 16.6. The van der Waals surface area contributed by atoms with Gasteiger partial charge < -0.3 is 28.4 Å². The number of rotatable bonds is 6. The van der Waals surface area contributed by atoms with Gasteiger partial charge in [-0.2, -0.15) is 0 Å². The molecule has 6 nitrogen and oxygen atoms in total. The fourth-order valence-electron chi connectivity index (χ4n) is 7.90. The molecule has 3 aliphatic heterocycles. The molecule has 9 aromatic carbocycles. The number of ether oxygens (including phenoxy) is 6. The molecule has 0 N–H and O–H groups in total. The van der Waals surface area contributed by atoms with Crippen molar-refractivity contribution in [2.24, 2.45) is 0 Å². The lowest BCUT2D eigenvalue weighted by Crippen LogP contribution is -2.03. The zero-order chi connectivity index (χ0) is 52.2. The van der Waals surface area contributed by atoms with Crippen LogP contribution in [0, 0.1) is 52.4 Å². The Balaban J connectivity index is 0.000000128. The first kappa shape index (κ1) is 49.0. The van der Waals surface area contributed by atoms with Gasteiger partial charge in [-0.25, -0.2) is 39.5 Å². The van der Waals surface area contributed by atoms with Crippen LogP contribution in [0.2, 0.25) is 0 Å². The monoisotopic (exact) mass is 1020 g/mol. The standard InChI is InChI=1S/3C20H11F3O2/c3*21-13-1-5-16(6-2-13)24-20-10-12-9-14(22)3-7-17(12)18-11-15(23)4-8-19(18)25-20/h3*1-11H. The number of hydrogen-bond acceptors (Lipinski definition) is 6. The van der Waals surface area contributed by atoms with E-state index in [-0.39, 0.29) is 17.8 Å². The van der Waals surface area contributed by atoms with Crippen LogP contribution in [0.1, 0.15) is 16.7 Å². The Bertz CT molecular complexity index is 3320. The lowest BCUT2D eigenvalue weighted by Gasteiger charge is -2.12. The fraction of sp³-hybridized carbons (Fsp3) is 0. The molecule has 15 heteroatoms. The Morgan fingerprint density at radius 3 is 0.720 bits per heavy atom. The minimum absolute atomic E-state index is 0.0730. The largest absolute Gasteiger partial charge is 0.426 e. The molecule has 0 radical (unpaired) electrons. The second-order valence-electron chi connectivity index (χ2n) is 16.5. The highest BCUT2D eigenvalue weighted by atomic mass is 19.2. The van der Waals surface area contributed by atoms with Gasteiger partial charge in [-0.3, -0.25) is 0 Å². The molecule has 0 saturated carbocycles. The number of hydrogen-bond donors (Lipinski definition) is 0. The summed E-state index contributed by atoms with van der Waals surface area (Å²) < 4.78 is 155. The second-order valence-corrected chi connectivity index (χ2v) is 16.5. The Labute approximate surface area is 421 Å². The molecule has 3 heterocycles. The van der Waals surface area contributed by atoms with Gasteiger partial charge in [-0.1, -0.05) is 18.2 Å². The van der Waals surface area contributed by atoms with Crippen LogP contribution in [0.25, 0.3) is 51.6 Å². The minimum Gasteiger partial charge on any atom is -0.426 e. The molecule has 0 fully saturated rings. The van der Waals surface area contributed by atoms with Gasteiger partial charge in [0.1, 0.15) is 86.9 Å². The van der Waals surface area contributed by atoms with Gasteiger partial charge in [0.2, 0.25) is 0 Å². The number of fused-ring (bicyclic) bond motifs is 9. The van der Waals surface area contributed by atoms with E-state index in [1.807, 2.05) is 0 Å². The van der Waals surface area contributed by atoms with Gasteiger partial charge in [0.05, 0.1) is 0 Å². The Kier molecular flexibility index (Phi) is 13.9. The Morgan fingerprint density at radius 1 is 0.227 bits per heavy atom. The van der Waals surface area contributed by atoms with E-state index < -0.39 is 52.4 Å². The van der Waals surface area contributed by atoms with E-state index in [2.05, 4.69) is 0 Å². The quantitative estimate of drug-likeness (QED) is 0.155. The van der Waals surface area contributed by atoms with E-state index >= 15 is 0 Å². The van der Waals surface area contributed by atoms with Gasteiger partial charge in [0.15, 0.2) is 0 Å². The summed E-state index contributed by atoms with van der Waals surface area (Å²) in [7, 11) is 0. The smallest absolute Gasteiger partial charge is 0.290 e. The molecule has 3 aliphatic rings. The molecule has 0 saturated heterocycles. The summed E-state index contributed by atoms with van der Waals surface area (Å²) in [6.07, 6.45) is 4.54. The topological polar surface area (TPSA) is 55.4 Å².